The van der Waals surface area contributed by atoms with Crippen LogP contribution in [0.3, 0.4) is 0 Å². The molecule has 15 heavy (non-hydrogen) atoms. The zero-order valence-corrected chi connectivity index (χ0v) is 9.68. The maximum absolute atomic E-state index is 11.3. The molecule has 0 bridgehead atoms. The van der Waals surface area contributed by atoms with Crippen molar-refractivity contribution in [1.82, 2.24) is 0 Å². The molecule has 5 heteroatoms. The van der Waals surface area contributed by atoms with Crippen LogP contribution in [0.2, 0.25) is 0 Å². The van der Waals surface area contributed by atoms with Gasteiger partial charge in [-0.1, -0.05) is 6.07 Å². The van der Waals surface area contributed by atoms with E-state index in [1.54, 1.807) is 19.9 Å². The number of sulfonamides is 1. The Morgan fingerprint density at radius 1 is 1.27 bits per heavy atom. The van der Waals surface area contributed by atoms with Gasteiger partial charge in [0.05, 0.1) is 4.90 Å². The minimum Gasteiger partial charge on any atom is -0.294 e. The van der Waals surface area contributed by atoms with Gasteiger partial charge >= 0.3 is 0 Å². The normalized spacial score (nSPS) is 11.5. The van der Waals surface area contributed by atoms with E-state index >= 15 is 0 Å². The van der Waals surface area contributed by atoms with Gasteiger partial charge in [0, 0.05) is 5.56 Å². The Hall–Kier alpha value is -1.20. The van der Waals surface area contributed by atoms with Crippen LogP contribution in [-0.4, -0.2) is 14.2 Å². The van der Waals surface area contributed by atoms with Crippen molar-refractivity contribution in [2.75, 3.05) is 0 Å². The van der Waals surface area contributed by atoms with Crippen LogP contribution in [0, 0.1) is 13.8 Å². The van der Waals surface area contributed by atoms with Crippen LogP contribution in [0.5, 0.6) is 0 Å². The average molecular weight is 227 g/mol. The summed E-state index contributed by atoms with van der Waals surface area (Å²) < 4.78 is 22.4. The first-order valence-corrected chi connectivity index (χ1v) is 5.93. The van der Waals surface area contributed by atoms with Crippen LogP contribution in [0.15, 0.2) is 17.0 Å². The third-order valence-corrected chi connectivity index (χ3v) is 3.34. The Morgan fingerprint density at radius 2 is 1.80 bits per heavy atom. The second kappa shape index (κ2) is 3.75. The number of primary sulfonamides is 1. The largest absolute Gasteiger partial charge is 0.294 e. The molecule has 0 saturated heterocycles. The Bertz CT molecular complexity index is 518. The molecule has 1 aromatic rings. The first-order chi connectivity index (χ1) is 6.75. The number of hydrogen-bond acceptors (Lipinski definition) is 3. The van der Waals surface area contributed by atoms with Crippen LogP contribution in [0.1, 0.15) is 28.4 Å². The van der Waals surface area contributed by atoms with Gasteiger partial charge in [0.2, 0.25) is 10.0 Å². The fourth-order valence-electron chi connectivity index (χ4n) is 1.68. The predicted molar refractivity (Wildman–Crippen MR) is 57.3 cm³/mol. The smallest absolute Gasteiger partial charge is 0.238 e. The highest BCUT2D eigenvalue weighted by Crippen LogP contribution is 2.21. The van der Waals surface area contributed by atoms with Crippen LogP contribution in [0.25, 0.3) is 0 Å². The quantitative estimate of drug-likeness (QED) is 0.770. The van der Waals surface area contributed by atoms with Gasteiger partial charge < -0.3 is 0 Å². The fourth-order valence-corrected chi connectivity index (χ4v) is 2.46. The molecule has 1 rings (SSSR count). The van der Waals surface area contributed by atoms with Crippen LogP contribution in [-0.2, 0) is 10.0 Å². The van der Waals surface area contributed by atoms with Crippen molar-refractivity contribution in [2.24, 2.45) is 5.14 Å². The summed E-state index contributed by atoms with van der Waals surface area (Å²) in [4.78, 5) is 11.3. The van der Waals surface area contributed by atoms with E-state index in [2.05, 4.69) is 0 Å². The molecule has 2 N–H and O–H groups in total. The zero-order valence-electron chi connectivity index (χ0n) is 8.87. The molecule has 0 heterocycles. The number of aryl methyl sites for hydroxylation is 1. The van der Waals surface area contributed by atoms with E-state index in [9.17, 15) is 13.2 Å². The molecule has 0 saturated carbocycles. The van der Waals surface area contributed by atoms with Crippen molar-refractivity contribution in [1.29, 1.82) is 0 Å². The molecule has 82 valence electrons. The van der Waals surface area contributed by atoms with Gasteiger partial charge in [-0.05, 0) is 38.0 Å². The molecule has 0 radical (unpaired) electrons. The summed E-state index contributed by atoms with van der Waals surface area (Å²) >= 11 is 0. The Kier molecular flexibility index (Phi) is 2.97. The number of Topliss-reactive ketones (excluding diaryl/α,β-unsaturated/α-hetero) is 1. The molecule has 0 amide bonds. The number of nitrogens with two attached hydrogens (primary N) is 1. The van der Waals surface area contributed by atoms with Crippen molar-refractivity contribution < 1.29 is 13.2 Å². The third kappa shape index (κ3) is 2.24. The molecule has 1 aromatic carbocycles. The fraction of sp³-hybridized carbons (Fsp3) is 0.300. The SMILES string of the molecule is CC(=O)c1c(C)ccc(S(N)(=O)=O)c1C. The lowest BCUT2D eigenvalue weighted by atomic mass is 10.00. The summed E-state index contributed by atoms with van der Waals surface area (Å²) in [6.45, 7) is 4.75. The Morgan fingerprint density at radius 3 is 2.20 bits per heavy atom. The molecule has 0 aliphatic carbocycles. The molecule has 0 aliphatic heterocycles. The molecule has 4 nitrogen and oxygen atoms in total. The monoisotopic (exact) mass is 227 g/mol. The number of benzene rings is 1. The van der Waals surface area contributed by atoms with E-state index in [0.717, 1.165) is 5.56 Å². The second-order valence-electron chi connectivity index (χ2n) is 3.48. The summed E-state index contributed by atoms with van der Waals surface area (Å²) in [6, 6.07) is 3.01. The second-order valence-corrected chi connectivity index (χ2v) is 5.01. The highest BCUT2D eigenvalue weighted by molar-refractivity contribution is 7.89. The molecular formula is C10H13NO3S. The van der Waals surface area contributed by atoms with Gasteiger partial charge in [0.1, 0.15) is 0 Å². The van der Waals surface area contributed by atoms with E-state index in [4.69, 9.17) is 5.14 Å². The number of rotatable bonds is 2. The van der Waals surface area contributed by atoms with Gasteiger partial charge in [-0.15, -0.1) is 0 Å². The van der Waals surface area contributed by atoms with Crippen molar-refractivity contribution in [2.45, 2.75) is 25.7 Å². The molecule has 0 spiro atoms. The van der Waals surface area contributed by atoms with Crippen molar-refractivity contribution >= 4 is 15.8 Å². The number of ketones is 1. The predicted octanol–water partition coefficient (Wildman–Crippen LogP) is 1.15. The van der Waals surface area contributed by atoms with Gasteiger partial charge in [-0.2, -0.15) is 0 Å². The van der Waals surface area contributed by atoms with Crippen LogP contribution < -0.4 is 5.14 Å². The maximum atomic E-state index is 11.3. The highest BCUT2D eigenvalue weighted by Gasteiger charge is 2.17. The van der Waals surface area contributed by atoms with Crippen molar-refractivity contribution in [3.63, 3.8) is 0 Å². The van der Waals surface area contributed by atoms with Gasteiger partial charge in [-0.25, -0.2) is 13.6 Å². The minimum atomic E-state index is -3.76. The summed E-state index contributed by atoms with van der Waals surface area (Å²) in [6.07, 6.45) is 0. The summed E-state index contributed by atoms with van der Waals surface area (Å²) in [5, 5.41) is 5.04. The lowest BCUT2D eigenvalue weighted by Gasteiger charge is -2.10. The summed E-state index contributed by atoms with van der Waals surface area (Å²) in [5.74, 6) is -0.157. The summed E-state index contributed by atoms with van der Waals surface area (Å²) in [5.41, 5.74) is 1.61. The Balaban J connectivity index is 3.64. The molecular weight excluding hydrogens is 214 g/mol. The minimum absolute atomic E-state index is 0.0123. The lowest BCUT2D eigenvalue weighted by Crippen LogP contribution is -2.15. The maximum Gasteiger partial charge on any atom is 0.238 e. The van der Waals surface area contributed by atoms with E-state index in [1.807, 2.05) is 0 Å². The number of hydrogen-bond donors (Lipinski definition) is 1. The molecule has 0 aromatic heterocycles. The molecule has 0 aliphatic rings. The summed E-state index contributed by atoms with van der Waals surface area (Å²) in [7, 11) is -3.76. The van der Waals surface area contributed by atoms with Crippen LogP contribution in [0.4, 0.5) is 0 Å². The molecule has 0 fully saturated rings. The third-order valence-electron chi connectivity index (χ3n) is 2.28. The number of carbonyl (C=O) groups excluding carboxylic acids is 1. The van der Waals surface area contributed by atoms with E-state index in [0.29, 0.717) is 11.1 Å². The van der Waals surface area contributed by atoms with Crippen molar-refractivity contribution in [3.8, 4) is 0 Å². The van der Waals surface area contributed by atoms with E-state index in [-0.39, 0.29) is 10.7 Å². The topological polar surface area (TPSA) is 77.2 Å². The van der Waals surface area contributed by atoms with Gasteiger partial charge in [0.15, 0.2) is 5.78 Å². The van der Waals surface area contributed by atoms with E-state index < -0.39 is 10.0 Å². The lowest BCUT2D eigenvalue weighted by molar-refractivity contribution is 0.101. The standard InChI is InChI=1S/C10H13NO3S/c1-6-4-5-9(15(11,13)14)7(2)10(6)8(3)12/h4-5H,1-3H3,(H2,11,13,14). The van der Waals surface area contributed by atoms with Crippen LogP contribution >= 0.6 is 0 Å². The first kappa shape index (κ1) is 11.9. The number of carbonyl (C=O) groups is 1. The van der Waals surface area contributed by atoms with E-state index in [1.165, 1.54) is 13.0 Å². The average Bonchev–Trinajstić information content (AvgIpc) is 2.00. The molecule has 0 unspecified atom stereocenters. The Labute approximate surface area is 89.2 Å². The molecule has 0 atom stereocenters. The highest BCUT2D eigenvalue weighted by atomic mass is 32.2. The van der Waals surface area contributed by atoms with Crippen molar-refractivity contribution in [3.05, 3.63) is 28.8 Å². The van der Waals surface area contributed by atoms with Gasteiger partial charge in [0.25, 0.3) is 0 Å². The van der Waals surface area contributed by atoms with Gasteiger partial charge in [-0.3, -0.25) is 4.79 Å². The first-order valence-electron chi connectivity index (χ1n) is 4.39. The zero-order chi connectivity index (χ0) is 11.8.